The van der Waals surface area contributed by atoms with Crippen LogP contribution in [0.3, 0.4) is 0 Å². The zero-order valence-electron chi connectivity index (χ0n) is 13.4. The number of carbonyl (C=O) groups is 1. The molecule has 1 saturated carbocycles. The molecule has 2 heterocycles. The fourth-order valence-electron chi connectivity index (χ4n) is 3.57. The van der Waals surface area contributed by atoms with Crippen molar-refractivity contribution in [2.24, 2.45) is 5.92 Å². The third-order valence-electron chi connectivity index (χ3n) is 4.56. The van der Waals surface area contributed by atoms with Gasteiger partial charge in [-0.25, -0.2) is 0 Å². The van der Waals surface area contributed by atoms with Crippen LogP contribution in [-0.2, 0) is 16.1 Å². The zero-order valence-corrected chi connectivity index (χ0v) is 13.4. The molecule has 1 N–H and O–H groups in total. The first kappa shape index (κ1) is 15.4. The fraction of sp³-hybridized carbons (Fsp3) is 0.647. The second-order valence-electron chi connectivity index (χ2n) is 6.64. The Morgan fingerprint density at radius 2 is 2.36 bits per heavy atom. The largest absolute Gasteiger partial charge is 0.375 e. The molecule has 5 nitrogen and oxygen atoms in total. The number of hydrogen-bond donors (Lipinski definition) is 1. The minimum absolute atomic E-state index is 0.0758. The molecule has 1 aromatic rings. The molecule has 1 aromatic heterocycles. The van der Waals surface area contributed by atoms with E-state index in [1.807, 2.05) is 26.1 Å². The molecule has 22 heavy (non-hydrogen) atoms. The summed E-state index contributed by atoms with van der Waals surface area (Å²) in [6.07, 6.45) is 5.64. The van der Waals surface area contributed by atoms with Crippen molar-refractivity contribution in [2.75, 3.05) is 13.2 Å². The Bertz CT molecular complexity index is 506. The summed E-state index contributed by atoms with van der Waals surface area (Å²) in [5.41, 5.74) is 1.22. The van der Waals surface area contributed by atoms with Crippen LogP contribution in [0.15, 0.2) is 24.5 Å². The number of fused-ring (bicyclic) bond motifs is 1. The molecule has 2 fully saturated rings. The Morgan fingerprint density at radius 3 is 3.09 bits per heavy atom. The third kappa shape index (κ3) is 3.47. The van der Waals surface area contributed by atoms with Crippen molar-refractivity contribution in [1.29, 1.82) is 0 Å². The van der Waals surface area contributed by atoms with Crippen LogP contribution in [0.1, 0.15) is 32.3 Å². The van der Waals surface area contributed by atoms with Gasteiger partial charge in [0, 0.05) is 43.5 Å². The Labute approximate surface area is 132 Å². The van der Waals surface area contributed by atoms with Gasteiger partial charge in [0.25, 0.3) is 0 Å². The van der Waals surface area contributed by atoms with Crippen molar-refractivity contribution in [2.45, 2.75) is 51.4 Å². The Kier molecular flexibility index (Phi) is 4.74. The topological polar surface area (TPSA) is 54.5 Å². The van der Waals surface area contributed by atoms with Gasteiger partial charge < -0.3 is 10.1 Å². The number of rotatable bonds is 4. The van der Waals surface area contributed by atoms with Crippen molar-refractivity contribution in [3.63, 3.8) is 0 Å². The second-order valence-corrected chi connectivity index (χ2v) is 6.64. The summed E-state index contributed by atoms with van der Waals surface area (Å²) in [6.45, 7) is 6.57. The van der Waals surface area contributed by atoms with E-state index in [9.17, 15) is 4.79 Å². The average Bonchev–Trinajstić information content (AvgIpc) is 2.93. The van der Waals surface area contributed by atoms with Gasteiger partial charge in [-0.15, -0.1) is 0 Å². The van der Waals surface area contributed by atoms with Crippen LogP contribution in [0.25, 0.3) is 0 Å². The van der Waals surface area contributed by atoms with E-state index in [1.54, 1.807) is 6.20 Å². The molecular formula is C17H25N3O2. The minimum Gasteiger partial charge on any atom is -0.375 e. The van der Waals surface area contributed by atoms with Crippen LogP contribution in [0.5, 0.6) is 0 Å². The van der Waals surface area contributed by atoms with Crippen molar-refractivity contribution >= 4 is 5.91 Å². The van der Waals surface area contributed by atoms with Crippen molar-refractivity contribution in [1.82, 2.24) is 15.2 Å². The van der Waals surface area contributed by atoms with Gasteiger partial charge in [0.2, 0.25) is 5.91 Å². The number of carbonyl (C=O) groups excluding carboxylic acids is 1. The predicted octanol–water partition coefficient (Wildman–Crippen LogP) is 1.59. The first-order valence-electron chi connectivity index (χ1n) is 8.18. The van der Waals surface area contributed by atoms with Crippen LogP contribution in [0.2, 0.25) is 0 Å². The van der Waals surface area contributed by atoms with Crippen molar-refractivity contribution in [3.8, 4) is 0 Å². The number of aromatic nitrogens is 1. The van der Waals surface area contributed by atoms with Gasteiger partial charge in [0.15, 0.2) is 0 Å². The molecule has 0 unspecified atom stereocenters. The van der Waals surface area contributed by atoms with E-state index in [0.29, 0.717) is 6.04 Å². The molecule has 3 rings (SSSR count). The van der Waals surface area contributed by atoms with Gasteiger partial charge in [-0.05, 0) is 38.3 Å². The van der Waals surface area contributed by atoms with Gasteiger partial charge >= 0.3 is 0 Å². The highest BCUT2D eigenvalue weighted by atomic mass is 16.5. The first-order valence-corrected chi connectivity index (χ1v) is 8.18. The Hall–Kier alpha value is -1.46. The smallest absolute Gasteiger partial charge is 0.223 e. The number of amides is 1. The van der Waals surface area contributed by atoms with E-state index in [2.05, 4.69) is 21.3 Å². The number of morpholine rings is 1. The van der Waals surface area contributed by atoms with Gasteiger partial charge in [0.05, 0.1) is 12.7 Å². The van der Waals surface area contributed by atoms with E-state index < -0.39 is 0 Å². The number of pyridine rings is 1. The maximum Gasteiger partial charge on any atom is 0.223 e. The summed E-state index contributed by atoms with van der Waals surface area (Å²) in [6, 6.07) is 4.62. The minimum atomic E-state index is 0.0758. The van der Waals surface area contributed by atoms with Crippen molar-refractivity contribution < 1.29 is 9.53 Å². The number of nitrogens with zero attached hydrogens (tertiary/aromatic N) is 2. The monoisotopic (exact) mass is 303 g/mol. The lowest BCUT2D eigenvalue weighted by Crippen LogP contribution is -2.47. The normalized spacial score (nSPS) is 28.6. The Balaban J connectivity index is 1.64. The second kappa shape index (κ2) is 6.75. The molecule has 2 aliphatic rings. The summed E-state index contributed by atoms with van der Waals surface area (Å²) in [7, 11) is 0. The number of ether oxygens (including phenoxy) is 1. The quantitative estimate of drug-likeness (QED) is 0.918. The molecule has 0 spiro atoms. The van der Waals surface area contributed by atoms with Gasteiger partial charge in [-0.1, -0.05) is 6.07 Å². The Morgan fingerprint density at radius 1 is 1.50 bits per heavy atom. The molecular weight excluding hydrogens is 278 g/mol. The molecule has 0 radical (unpaired) electrons. The van der Waals surface area contributed by atoms with Crippen LogP contribution in [0, 0.1) is 5.92 Å². The van der Waals surface area contributed by atoms with Crippen molar-refractivity contribution in [3.05, 3.63) is 30.1 Å². The lowest BCUT2D eigenvalue weighted by Gasteiger charge is -2.37. The summed E-state index contributed by atoms with van der Waals surface area (Å²) >= 11 is 0. The molecule has 3 atom stereocenters. The van der Waals surface area contributed by atoms with E-state index in [1.165, 1.54) is 5.56 Å². The number of hydrogen-bond acceptors (Lipinski definition) is 4. The average molecular weight is 303 g/mol. The lowest BCUT2D eigenvalue weighted by molar-refractivity contribution is -0.125. The van der Waals surface area contributed by atoms with Gasteiger partial charge in [-0.3, -0.25) is 14.7 Å². The molecule has 5 heteroatoms. The van der Waals surface area contributed by atoms with E-state index in [-0.39, 0.29) is 24.0 Å². The fourth-order valence-corrected chi connectivity index (χ4v) is 3.57. The lowest BCUT2D eigenvalue weighted by atomic mass is 10.1. The summed E-state index contributed by atoms with van der Waals surface area (Å²) < 4.78 is 5.92. The van der Waals surface area contributed by atoms with Gasteiger partial charge in [-0.2, -0.15) is 0 Å². The third-order valence-corrected chi connectivity index (χ3v) is 4.56. The molecule has 1 saturated heterocycles. The standard InChI is InChI=1S/C17H25N3O2/c1-12(2)19-17(21)14-8-15-16(9-14)22-7-6-20(15)11-13-4-3-5-18-10-13/h3-5,10,12,14-16H,6-9,11H2,1-2H3,(H,19,21)/t14-,15+,16+/m0/s1. The molecule has 1 aliphatic heterocycles. The first-order chi connectivity index (χ1) is 10.6. The molecule has 1 aliphatic carbocycles. The van der Waals surface area contributed by atoms with Crippen LogP contribution >= 0.6 is 0 Å². The summed E-state index contributed by atoms with van der Waals surface area (Å²) in [5.74, 6) is 0.251. The highest BCUT2D eigenvalue weighted by Crippen LogP contribution is 2.35. The SMILES string of the molecule is CC(C)NC(=O)[C@H]1C[C@@H]2[C@@H](C1)OCCN2Cc1cccnc1. The van der Waals surface area contributed by atoms with Crippen LogP contribution in [-0.4, -0.2) is 47.1 Å². The van der Waals surface area contributed by atoms with E-state index in [4.69, 9.17) is 4.74 Å². The summed E-state index contributed by atoms with van der Waals surface area (Å²) in [4.78, 5) is 18.9. The highest BCUT2D eigenvalue weighted by molar-refractivity contribution is 5.79. The molecule has 1 amide bonds. The summed E-state index contributed by atoms with van der Waals surface area (Å²) in [5, 5.41) is 3.04. The molecule has 0 aromatic carbocycles. The van der Waals surface area contributed by atoms with E-state index in [0.717, 1.165) is 32.5 Å². The molecule has 120 valence electrons. The number of nitrogens with one attached hydrogen (secondary N) is 1. The maximum atomic E-state index is 12.3. The van der Waals surface area contributed by atoms with Gasteiger partial charge in [0.1, 0.15) is 0 Å². The zero-order chi connectivity index (χ0) is 15.5. The van der Waals surface area contributed by atoms with E-state index >= 15 is 0 Å². The molecule has 0 bridgehead atoms. The predicted molar refractivity (Wildman–Crippen MR) is 84.2 cm³/mol. The maximum absolute atomic E-state index is 12.3. The highest BCUT2D eigenvalue weighted by Gasteiger charge is 2.43. The van der Waals surface area contributed by atoms with Crippen LogP contribution < -0.4 is 5.32 Å². The van der Waals surface area contributed by atoms with Crippen LogP contribution in [0.4, 0.5) is 0 Å².